The number of carbonyl (C=O) groups excluding carboxylic acids is 1. The summed E-state index contributed by atoms with van der Waals surface area (Å²) in [6.45, 7) is 3.23. The van der Waals surface area contributed by atoms with Crippen LogP contribution in [-0.4, -0.2) is 5.91 Å². The maximum atomic E-state index is 10.2. The molecule has 0 rings (SSSR count). The van der Waals surface area contributed by atoms with Crippen LogP contribution >= 0.6 is 0 Å². The molecular formula is C5H10N2O. The van der Waals surface area contributed by atoms with Gasteiger partial charge in [0.15, 0.2) is 0 Å². The van der Waals surface area contributed by atoms with Gasteiger partial charge in [0.2, 0.25) is 5.91 Å². The van der Waals surface area contributed by atoms with Crippen LogP contribution in [0.25, 0.3) is 0 Å². The zero-order valence-electron chi connectivity index (χ0n) is 5.06. The molecule has 0 heterocycles. The molecule has 0 bridgehead atoms. The molecular weight excluding hydrogens is 104 g/mol. The lowest BCUT2D eigenvalue weighted by Gasteiger charge is -1.94. The number of allylic oxidation sites excluding steroid dienone is 1. The van der Waals surface area contributed by atoms with Crippen molar-refractivity contribution in [2.45, 2.75) is 13.8 Å². The van der Waals surface area contributed by atoms with Gasteiger partial charge in [-0.3, -0.25) is 4.79 Å². The van der Waals surface area contributed by atoms with Crippen molar-refractivity contribution < 1.29 is 4.79 Å². The summed E-state index contributed by atoms with van der Waals surface area (Å²) in [5.41, 5.74) is 11.0. The van der Waals surface area contributed by atoms with E-state index in [4.69, 9.17) is 11.5 Å². The fraction of sp³-hybridized carbons (Fsp3) is 0.400. The second-order valence-electron chi connectivity index (χ2n) is 1.67. The number of rotatable bonds is 1. The van der Waals surface area contributed by atoms with Crippen molar-refractivity contribution in [3.8, 4) is 0 Å². The van der Waals surface area contributed by atoms with Gasteiger partial charge in [0, 0.05) is 11.3 Å². The lowest BCUT2D eigenvalue weighted by molar-refractivity contribution is -0.114. The van der Waals surface area contributed by atoms with Crippen molar-refractivity contribution in [3.63, 3.8) is 0 Å². The Kier molecular flexibility index (Phi) is 2.06. The molecule has 0 aliphatic carbocycles. The number of amides is 1. The van der Waals surface area contributed by atoms with Crippen molar-refractivity contribution in [1.29, 1.82) is 0 Å². The van der Waals surface area contributed by atoms with Gasteiger partial charge >= 0.3 is 0 Å². The molecule has 0 aromatic carbocycles. The second kappa shape index (κ2) is 2.35. The number of primary amides is 1. The van der Waals surface area contributed by atoms with Crippen LogP contribution in [0, 0.1) is 0 Å². The van der Waals surface area contributed by atoms with E-state index in [1.54, 1.807) is 13.8 Å². The minimum absolute atomic E-state index is 0.435. The van der Waals surface area contributed by atoms with Crippen LogP contribution in [0.1, 0.15) is 13.8 Å². The van der Waals surface area contributed by atoms with Crippen LogP contribution in [-0.2, 0) is 4.79 Å². The van der Waals surface area contributed by atoms with Gasteiger partial charge in [0.1, 0.15) is 0 Å². The molecule has 3 nitrogen and oxygen atoms in total. The predicted octanol–water partition coefficient (Wildman–Crippen LogP) is -0.276. The molecule has 0 fully saturated rings. The molecule has 0 saturated heterocycles. The fourth-order valence-electron chi connectivity index (χ4n) is 0.194. The largest absolute Gasteiger partial charge is 0.402 e. The van der Waals surface area contributed by atoms with Crippen molar-refractivity contribution in [2.24, 2.45) is 11.5 Å². The molecule has 0 atom stereocenters. The Hall–Kier alpha value is -0.990. The molecule has 0 radical (unpaired) electrons. The summed E-state index contributed by atoms with van der Waals surface area (Å²) >= 11 is 0. The van der Waals surface area contributed by atoms with E-state index in [-0.39, 0.29) is 0 Å². The Morgan fingerprint density at radius 2 is 1.62 bits per heavy atom. The predicted molar refractivity (Wildman–Crippen MR) is 31.8 cm³/mol. The average Bonchev–Trinajstić information content (AvgIpc) is 1.64. The third-order valence-electron chi connectivity index (χ3n) is 0.961. The monoisotopic (exact) mass is 114 g/mol. The van der Waals surface area contributed by atoms with Crippen molar-refractivity contribution in [3.05, 3.63) is 11.3 Å². The van der Waals surface area contributed by atoms with E-state index in [1.165, 1.54) is 0 Å². The molecule has 3 heteroatoms. The maximum absolute atomic E-state index is 10.2. The normalized spacial score (nSPS) is 12.8. The smallest absolute Gasteiger partial charge is 0.246 e. The SMILES string of the molecule is CC(N)=C(C)C(N)=O. The Balaban J connectivity index is 4.23. The summed E-state index contributed by atoms with van der Waals surface area (Å²) in [5.74, 6) is -0.454. The number of hydrogen-bond donors (Lipinski definition) is 2. The summed E-state index contributed by atoms with van der Waals surface area (Å²) in [4.78, 5) is 10.2. The summed E-state index contributed by atoms with van der Waals surface area (Å²) in [6, 6.07) is 0. The van der Waals surface area contributed by atoms with Crippen LogP contribution in [0.15, 0.2) is 11.3 Å². The third-order valence-corrected chi connectivity index (χ3v) is 0.961. The Morgan fingerprint density at radius 3 is 1.62 bits per heavy atom. The summed E-state index contributed by atoms with van der Waals surface area (Å²) in [5, 5.41) is 0. The minimum Gasteiger partial charge on any atom is -0.402 e. The van der Waals surface area contributed by atoms with Crippen LogP contribution in [0.2, 0.25) is 0 Å². The highest BCUT2D eigenvalue weighted by molar-refractivity contribution is 5.91. The molecule has 0 unspecified atom stereocenters. The molecule has 0 aromatic rings. The zero-order valence-corrected chi connectivity index (χ0v) is 5.06. The molecule has 8 heavy (non-hydrogen) atoms. The number of hydrogen-bond acceptors (Lipinski definition) is 2. The zero-order chi connectivity index (χ0) is 6.73. The lowest BCUT2D eigenvalue weighted by atomic mass is 10.2. The highest BCUT2D eigenvalue weighted by Crippen LogP contribution is 1.92. The molecule has 4 N–H and O–H groups in total. The van der Waals surface area contributed by atoms with E-state index >= 15 is 0 Å². The molecule has 0 saturated carbocycles. The average molecular weight is 114 g/mol. The van der Waals surface area contributed by atoms with E-state index in [0.717, 1.165) is 0 Å². The standard InChI is InChI=1S/C5H10N2O/c1-3(4(2)6)5(7)8/h6H2,1-2H3,(H2,7,8). The van der Waals surface area contributed by atoms with Gasteiger partial charge in [-0.2, -0.15) is 0 Å². The Labute approximate surface area is 48.4 Å². The van der Waals surface area contributed by atoms with Crippen LogP contribution in [0.4, 0.5) is 0 Å². The van der Waals surface area contributed by atoms with Gasteiger partial charge < -0.3 is 11.5 Å². The first kappa shape index (κ1) is 7.01. The fourth-order valence-corrected chi connectivity index (χ4v) is 0.194. The van der Waals surface area contributed by atoms with E-state index in [1.807, 2.05) is 0 Å². The number of carbonyl (C=O) groups is 1. The maximum Gasteiger partial charge on any atom is 0.246 e. The first-order valence-electron chi connectivity index (χ1n) is 2.28. The lowest BCUT2D eigenvalue weighted by Crippen LogP contribution is -2.15. The topological polar surface area (TPSA) is 69.1 Å². The van der Waals surface area contributed by atoms with E-state index in [9.17, 15) is 4.79 Å². The summed E-state index contributed by atoms with van der Waals surface area (Å²) < 4.78 is 0. The van der Waals surface area contributed by atoms with Gasteiger partial charge in [0.05, 0.1) is 0 Å². The summed E-state index contributed by atoms with van der Waals surface area (Å²) in [6.07, 6.45) is 0. The highest BCUT2D eigenvalue weighted by Gasteiger charge is 1.97. The van der Waals surface area contributed by atoms with E-state index < -0.39 is 5.91 Å². The molecule has 0 aliphatic heterocycles. The van der Waals surface area contributed by atoms with Crippen molar-refractivity contribution >= 4 is 5.91 Å². The van der Waals surface area contributed by atoms with Gasteiger partial charge in [-0.05, 0) is 13.8 Å². The molecule has 0 aliphatic rings. The molecule has 0 aromatic heterocycles. The third kappa shape index (κ3) is 1.64. The molecule has 46 valence electrons. The van der Waals surface area contributed by atoms with Crippen molar-refractivity contribution in [1.82, 2.24) is 0 Å². The molecule has 1 amide bonds. The first-order valence-corrected chi connectivity index (χ1v) is 2.28. The van der Waals surface area contributed by atoms with Gasteiger partial charge in [-0.1, -0.05) is 0 Å². The summed E-state index contributed by atoms with van der Waals surface area (Å²) in [7, 11) is 0. The minimum atomic E-state index is -0.454. The van der Waals surface area contributed by atoms with E-state index in [2.05, 4.69) is 0 Å². The van der Waals surface area contributed by atoms with Crippen LogP contribution < -0.4 is 11.5 Å². The van der Waals surface area contributed by atoms with Gasteiger partial charge in [-0.15, -0.1) is 0 Å². The Bertz CT molecular complexity index is 133. The van der Waals surface area contributed by atoms with Crippen LogP contribution in [0.5, 0.6) is 0 Å². The van der Waals surface area contributed by atoms with Gasteiger partial charge in [-0.25, -0.2) is 0 Å². The quantitative estimate of drug-likeness (QED) is 0.460. The van der Waals surface area contributed by atoms with Crippen molar-refractivity contribution in [2.75, 3.05) is 0 Å². The molecule has 0 spiro atoms. The number of nitrogens with two attached hydrogens (primary N) is 2. The Morgan fingerprint density at radius 1 is 1.25 bits per heavy atom. The second-order valence-corrected chi connectivity index (χ2v) is 1.67. The van der Waals surface area contributed by atoms with E-state index in [0.29, 0.717) is 11.3 Å². The first-order chi connectivity index (χ1) is 3.55. The van der Waals surface area contributed by atoms with Crippen LogP contribution in [0.3, 0.4) is 0 Å². The highest BCUT2D eigenvalue weighted by atomic mass is 16.1. The van der Waals surface area contributed by atoms with Gasteiger partial charge in [0.25, 0.3) is 0 Å².